The van der Waals surface area contributed by atoms with Crippen LogP contribution in [0.4, 0.5) is 0 Å². The Bertz CT molecular complexity index is 646. The predicted molar refractivity (Wildman–Crippen MR) is 87.0 cm³/mol. The van der Waals surface area contributed by atoms with Crippen molar-refractivity contribution in [2.24, 2.45) is 11.1 Å². The molecule has 1 aliphatic heterocycles. The molecule has 2 rings (SSSR count). The van der Waals surface area contributed by atoms with Crippen LogP contribution in [0.25, 0.3) is 0 Å². The van der Waals surface area contributed by atoms with Crippen LogP contribution in [0.2, 0.25) is 0 Å². The fraction of sp³-hybridized carbons (Fsp3) is 0.600. The minimum Gasteiger partial charge on any atom is -0.342 e. The number of hydrogen-bond donors (Lipinski definition) is 2. The number of pyridine rings is 1. The Morgan fingerprint density at radius 3 is 2.87 bits per heavy atom. The van der Waals surface area contributed by atoms with Crippen LogP contribution in [-0.4, -0.2) is 49.9 Å². The molecule has 1 fully saturated rings. The first-order chi connectivity index (χ1) is 10.7. The lowest BCUT2D eigenvalue weighted by atomic mass is 9.79. The second kappa shape index (κ2) is 6.94. The van der Waals surface area contributed by atoms with Gasteiger partial charge in [-0.25, -0.2) is 13.1 Å². The zero-order valence-electron chi connectivity index (χ0n) is 13.5. The van der Waals surface area contributed by atoms with Crippen LogP contribution in [0.15, 0.2) is 29.4 Å². The Balaban J connectivity index is 1.86. The molecule has 23 heavy (non-hydrogen) atoms. The first-order valence-electron chi connectivity index (χ1n) is 7.65. The predicted octanol–water partition coefficient (Wildman–Crippen LogP) is 0.336. The molecule has 0 bridgehead atoms. The quantitative estimate of drug-likeness (QED) is 0.804. The lowest BCUT2D eigenvalue weighted by molar-refractivity contribution is -0.134. The first-order valence-corrected chi connectivity index (χ1v) is 9.14. The SMILES string of the molecule is CC1(C)CN(C(=O)CCNS(=O)(=O)c2cccnc2)CCC1N. The van der Waals surface area contributed by atoms with E-state index in [1.807, 2.05) is 13.8 Å². The van der Waals surface area contributed by atoms with Crippen LogP contribution < -0.4 is 10.5 Å². The number of nitrogens with two attached hydrogens (primary N) is 1. The van der Waals surface area contributed by atoms with Gasteiger partial charge >= 0.3 is 0 Å². The van der Waals surface area contributed by atoms with Gasteiger partial charge in [-0.15, -0.1) is 0 Å². The molecule has 128 valence electrons. The van der Waals surface area contributed by atoms with E-state index in [1.165, 1.54) is 18.5 Å². The van der Waals surface area contributed by atoms with Gasteiger partial charge in [-0.05, 0) is 24.0 Å². The number of hydrogen-bond acceptors (Lipinski definition) is 5. The number of aromatic nitrogens is 1. The molecule has 1 aromatic heterocycles. The van der Waals surface area contributed by atoms with Crippen molar-refractivity contribution in [1.82, 2.24) is 14.6 Å². The number of carbonyl (C=O) groups is 1. The van der Waals surface area contributed by atoms with Crippen LogP contribution in [0.3, 0.4) is 0 Å². The molecule has 0 aromatic carbocycles. The van der Waals surface area contributed by atoms with E-state index in [4.69, 9.17) is 5.73 Å². The van der Waals surface area contributed by atoms with Gasteiger partial charge in [0.25, 0.3) is 0 Å². The van der Waals surface area contributed by atoms with Gasteiger partial charge in [0.15, 0.2) is 0 Å². The van der Waals surface area contributed by atoms with Crippen molar-refractivity contribution in [3.63, 3.8) is 0 Å². The standard InChI is InChI=1S/C15H24N4O3S/c1-15(2)11-19(9-6-13(15)16)14(20)5-8-18-23(21,22)12-4-3-7-17-10-12/h3-4,7,10,13,18H,5-6,8-9,11,16H2,1-2H3. The van der Waals surface area contributed by atoms with Crippen molar-refractivity contribution in [2.45, 2.75) is 37.6 Å². The summed E-state index contributed by atoms with van der Waals surface area (Å²) in [6, 6.07) is 3.10. The maximum atomic E-state index is 12.3. The van der Waals surface area contributed by atoms with Crippen LogP contribution in [0.1, 0.15) is 26.7 Å². The van der Waals surface area contributed by atoms with E-state index in [0.717, 1.165) is 6.42 Å². The number of nitrogens with zero attached hydrogens (tertiary/aromatic N) is 2. The summed E-state index contributed by atoms with van der Waals surface area (Å²) in [4.78, 5) is 17.9. The van der Waals surface area contributed by atoms with Crippen LogP contribution >= 0.6 is 0 Å². The summed E-state index contributed by atoms with van der Waals surface area (Å²) >= 11 is 0. The van der Waals surface area contributed by atoms with Crippen molar-refractivity contribution in [2.75, 3.05) is 19.6 Å². The van der Waals surface area contributed by atoms with E-state index in [1.54, 1.807) is 11.0 Å². The molecular formula is C15H24N4O3S. The minimum atomic E-state index is -3.62. The van der Waals surface area contributed by atoms with E-state index < -0.39 is 10.0 Å². The summed E-state index contributed by atoms with van der Waals surface area (Å²) in [6.45, 7) is 5.38. The Morgan fingerprint density at radius 1 is 1.52 bits per heavy atom. The highest BCUT2D eigenvalue weighted by Gasteiger charge is 2.35. The Labute approximate surface area is 137 Å². The van der Waals surface area contributed by atoms with Gasteiger partial charge in [0.05, 0.1) is 0 Å². The Kier molecular flexibility index (Phi) is 5.38. The summed E-state index contributed by atoms with van der Waals surface area (Å²) in [5, 5.41) is 0. The molecule has 1 atom stereocenters. The normalized spacial score (nSPS) is 21.2. The van der Waals surface area contributed by atoms with Gasteiger partial charge in [0, 0.05) is 44.5 Å². The highest BCUT2D eigenvalue weighted by molar-refractivity contribution is 7.89. The average molecular weight is 340 g/mol. The largest absolute Gasteiger partial charge is 0.342 e. The highest BCUT2D eigenvalue weighted by atomic mass is 32.2. The molecule has 2 heterocycles. The van der Waals surface area contributed by atoms with Gasteiger partial charge in [0.2, 0.25) is 15.9 Å². The van der Waals surface area contributed by atoms with Gasteiger partial charge in [-0.2, -0.15) is 0 Å². The number of carbonyl (C=O) groups excluding carboxylic acids is 1. The van der Waals surface area contributed by atoms with Crippen molar-refractivity contribution in [1.29, 1.82) is 0 Å². The van der Waals surface area contributed by atoms with Crippen molar-refractivity contribution in [3.05, 3.63) is 24.5 Å². The number of nitrogens with one attached hydrogen (secondary N) is 1. The smallest absolute Gasteiger partial charge is 0.242 e. The summed E-state index contributed by atoms with van der Waals surface area (Å²) in [5.41, 5.74) is 5.94. The molecule has 0 radical (unpaired) electrons. The van der Waals surface area contributed by atoms with Gasteiger partial charge < -0.3 is 10.6 Å². The fourth-order valence-corrected chi connectivity index (χ4v) is 3.62. The third-order valence-electron chi connectivity index (χ3n) is 4.24. The molecule has 7 nitrogen and oxygen atoms in total. The van der Waals surface area contributed by atoms with Gasteiger partial charge in [-0.3, -0.25) is 9.78 Å². The van der Waals surface area contributed by atoms with Crippen LogP contribution in [0.5, 0.6) is 0 Å². The molecule has 1 aromatic rings. The minimum absolute atomic E-state index is 0.0566. The van der Waals surface area contributed by atoms with E-state index in [2.05, 4.69) is 9.71 Å². The zero-order chi connectivity index (χ0) is 17.1. The topological polar surface area (TPSA) is 105 Å². The van der Waals surface area contributed by atoms with Crippen molar-refractivity contribution in [3.8, 4) is 0 Å². The third-order valence-corrected chi connectivity index (χ3v) is 5.69. The van der Waals surface area contributed by atoms with Gasteiger partial charge in [0.1, 0.15) is 4.90 Å². The Morgan fingerprint density at radius 2 is 2.26 bits per heavy atom. The monoisotopic (exact) mass is 340 g/mol. The average Bonchev–Trinajstić information content (AvgIpc) is 2.50. The zero-order valence-corrected chi connectivity index (χ0v) is 14.3. The second-order valence-corrected chi connectivity index (χ2v) is 8.30. The summed E-state index contributed by atoms with van der Waals surface area (Å²) in [6.07, 6.45) is 3.68. The maximum Gasteiger partial charge on any atom is 0.242 e. The lowest BCUT2D eigenvalue weighted by Gasteiger charge is -2.42. The summed E-state index contributed by atoms with van der Waals surface area (Å²) in [7, 11) is -3.62. The molecule has 3 N–H and O–H groups in total. The molecule has 1 saturated heterocycles. The second-order valence-electron chi connectivity index (χ2n) is 6.54. The van der Waals surface area contributed by atoms with E-state index in [-0.39, 0.29) is 35.2 Å². The van der Waals surface area contributed by atoms with Gasteiger partial charge in [-0.1, -0.05) is 13.8 Å². The molecular weight excluding hydrogens is 316 g/mol. The van der Waals surface area contributed by atoms with E-state index in [9.17, 15) is 13.2 Å². The first kappa shape index (κ1) is 17.8. The van der Waals surface area contributed by atoms with Crippen molar-refractivity contribution < 1.29 is 13.2 Å². The lowest BCUT2D eigenvalue weighted by Crippen LogP contribution is -2.54. The number of piperidine rings is 1. The molecule has 0 saturated carbocycles. The van der Waals surface area contributed by atoms with Crippen molar-refractivity contribution >= 4 is 15.9 Å². The molecule has 0 spiro atoms. The number of amides is 1. The third kappa shape index (κ3) is 4.49. The highest BCUT2D eigenvalue weighted by Crippen LogP contribution is 2.27. The summed E-state index contributed by atoms with van der Waals surface area (Å²) < 4.78 is 26.5. The fourth-order valence-electron chi connectivity index (χ4n) is 2.63. The maximum absolute atomic E-state index is 12.3. The van der Waals surface area contributed by atoms with Crippen LogP contribution in [-0.2, 0) is 14.8 Å². The molecule has 8 heteroatoms. The number of sulfonamides is 1. The number of rotatable bonds is 5. The summed E-state index contributed by atoms with van der Waals surface area (Å²) in [5.74, 6) is -0.0566. The Hall–Kier alpha value is -1.51. The number of likely N-dealkylation sites (tertiary alicyclic amines) is 1. The molecule has 1 amide bonds. The molecule has 0 aliphatic carbocycles. The van der Waals surface area contributed by atoms with E-state index in [0.29, 0.717) is 13.1 Å². The van der Waals surface area contributed by atoms with Crippen LogP contribution in [0, 0.1) is 5.41 Å². The molecule has 1 unspecified atom stereocenters. The molecule has 1 aliphatic rings. The van der Waals surface area contributed by atoms with E-state index >= 15 is 0 Å².